The molecule has 1 aromatic rings. The number of Topliss-reactive ketones (excluding diaryl/α,β-unsaturated/α-hetero) is 1. The number of carbonyl (C=O) groups is 2. The summed E-state index contributed by atoms with van der Waals surface area (Å²) in [5.74, 6) is -0.925. The number of carbonyl (C=O) groups excluding carboxylic acids is 2. The van der Waals surface area contributed by atoms with Gasteiger partial charge in [-0.15, -0.1) is 12.4 Å². The first-order valence-corrected chi connectivity index (χ1v) is 7.43. The van der Waals surface area contributed by atoms with Gasteiger partial charge in [0.1, 0.15) is 0 Å². The molecule has 2 unspecified atom stereocenters. The Morgan fingerprint density at radius 2 is 1.87 bits per heavy atom. The molecule has 0 saturated carbocycles. The summed E-state index contributed by atoms with van der Waals surface area (Å²) < 4.78 is 0. The van der Waals surface area contributed by atoms with Gasteiger partial charge in [-0.2, -0.15) is 0 Å². The summed E-state index contributed by atoms with van der Waals surface area (Å²) in [6, 6.07) is 6.05. The fourth-order valence-corrected chi connectivity index (χ4v) is 3.02. The van der Waals surface area contributed by atoms with Crippen LogP contribution in [0.25, 0.3) is 0 Å². The van der Waals surface area contributed by atoms with Gasteiger partial charge in [-0.3, -0.25) is 9.59 Å². The van der Waals surface area contributed by atoms with Crippen molar-refractivity contribution in [2.24, 2.45) is 17.4 Å². The fraction of sp³-hybridized carbons (Fsp3) is 0.500. The zero-order valence-corrected chi connectivity index (χ0v) is 14.7. The molecule has 0 aromatic heterocycles. The summed E-state index contributed by atoms with van der Waals surface area (Å²) in [5, 5.41) is 3.28. The van der Waals surface area contributed by atoms with Crippen LogP contribution < -0.4 is 21.7 Å². The number of fused-ring (bicyclic) bond motifs is 1. The van der Waals surface area contributed by atoms with E-state index in [9.17, 15) is 9.59 Å². The highest BCUT2D eigenvalue weighted by atomic mass is 35.5. The van der Waals surface area contributed by atoms with E-state index in [1.807, 2.05) is 38.1 Å². The van der Waals surface area contributed by atoms with E-state index in [2.05, 4.69) is 5.32 Å². The molecule has 0 radical (unpaired) electrons. The molecular weight excluding hydrogens is 316 g/mol. The first-order chi connectivity index (χ1) is 10.2. The van der Waals surface area contributed by atoms with Gasteiger partial charge >= 0.3 is 0 Å². The highest BCUT2D eigenvalue weighted by Gasteiger charge is 2.53. The highest BCUT2D eigenvalue weighted by molar-refractivity contribution is 6.20. The molecule has 0 aliphatic carbocycles. The first-order valence-electron chi connectivity index (χ1n) is 7.43. The molecule has 1 aliphatic rings. The second kappa shape index (κ2) is 6.86. The summed E-state index contributed by atoms with van der Waals surface area (Å²) in [4.78, 5) is 27.1. The molecule has 1 amide bonds. The van der Waals surface area contributed by atoms with E-state index in [1.54, 1.807) is 14.0 Å². The lowest BCUT2D eigenvalue weighted by Gasteiger charge is -2.38. The minimum Gasteiger partial charge on any atom is -0.377 e. The zero-order chi connectivity index (χ0) is 16.7. The second-order valence-electron chi connectivity index (χ2n) is 6.27. The lowest BCUT2D eigenvalue weighted by molar-refractivity contribution is -0.136. The Morgan fingerprint density at radius 3 is 2.39 bits per heavy atom. The van der Waals surface area contributed by atoms with Crippen molar-refractivity contribution in [2.75, 3.05) is 17.3 Å². The van der Waals surface area contributed by atoms with E-state index >= 15 is 0 Å². The van der Waals surface area contributed by atoms with Crippen LogP contribution >= 0.6 is 12.4 Å². The molecule has 0 bridgehead atoms. The molecule has 6 nitrogen and oxygen atoms in total. The number of benzene rings is 1. The van der Waals surface area contributed by atoms with Gasteiger partial charge in [0.15, 0.2) is 11.3 Å². The molecule has 3 atom stereocenters. The molecule has 0 saturated heterocycles. The maximum atomic E-state index is 13.0. The van der Waals surface area contributed by atoms with Crippen LogP contribution in [0, 0.1) is 5.92 Å². The summed E-state index contributed by atoms with van der Waals surface area (Å²) in [6.45, 7) is 5.41. The third-order valence-electron chi connectivity index (χ3n) is 4.21. The number of nitrogens with zero attached hydrogens (tertiary/aromatic N) is 1. The number of hydrogen-bond donors (Lipinski definition) is 3. The Morgan fingerprint density at radius 1 is 1.30 bits per heavy atom. The van der Waals surface area contributed by atoms with Gasteiger partial charge in [0.2, 0.25) is 0 Å². The first kappa shape index (κ1) is 19.4. The molecule has 2 rings (SSSR count). The lowest BCUT2D eigenvalue weighted by atomic mass is 9.77. The van der Waals surface area contributed by atoms with Crippen molar-refractivity contribution >= 4 is 35.5 Å². The van der Waals surface area contributed by atoms with Crippen LogP contribution in [0.5, 0.6) is 0 Å². The minimum atomic E-state index is -1.70. The minimum absolute atomic E-state index is 0. The van der Waals surface area contributed by atoms with Crippen LogP contribution in [0.4, 0.5) is 11.4 Å². The summed E-state index contributed by atoms with van der Waals surface area (Å²) in [6.07, 6.45) is 0. The number of likely N-dealkylation sites (N-methyl/N-ethyl adjacent to an activating group) is 1. The number of nitrogens with one attached hydrogen (secondary N) is 1. The third kappa shape index (κ3) is 3.06. The Labute approximate surface area is 143 Å². The number of nitrogens with two attached hydrogens (primary N) is 2. The van der Waals surface area contributed by atoms with Crippen LogP contribution in [0.15, 0.2) is 24.3 Å². The maximum Gasteiger partial charge on any atom is 0.256 e. The predicted molar refractivity (Wildman–Crippen MR) is 94.9 cm³/mol. The van der Waals surface area contributed by atoms with E-state index < -0.39 is 29.3 Å². The molecule has 7 heteroatoms. The largest absolute Gasteiger partial charge is 0.377 e. The lowest BCUT2D eigenvalue weighted by Crippen LogP contribution is -2.71. The van der Waals surface area contributed by atoms with E-state index in [1.165, 1.54) is 4.90 Å². The van der Waals surface area contributed by atoms with Crippen molar-refractivity contribution in [3.05, 3.63) is 24.3 Å². The van der Waals surface area contributed by atoms with Crippen LogP contribution in [0.2, 0.25) is 0 Å². The number of halogens is 1. The summed E-state index contributed by atoms with van der Waals surface area (Å²) in [7, 11) is 1.63. The zero-order valence-electron chi connectivity index (χ0n) is 13.9. The number of anilines is 2. The smallest absolute Gasteiger partial charge is 0.256 e. The van der Waals surface area contributed by atoms with Gasteiger partial charge < -0.3 is 21.7 Å². The average molecular weight is 341 g/mol. The molecule has 23 heavy (non-hydrogen) atoms. The van der Waals surface area contributed by atoms with Gasteiger partial charge in [0.25, 0.3) is 5.91 Å². The summed E-state index contributed by atoms with van der Waals surface area (Å²) in [5.41, 5.74) is 11.9. The van der Waals surface area contributed by atoms with Gasteiger partial charge in [-0.25, -0.2) is 0 Å². The number of ketones is 1. The molecule has 0 fully saturated rings. The van der Waals surface area contributed by atoms with Crippen LogP contribution in [-0.2, 0) is 9.59 Å². The van der Waals surface area contributed by atoms with Crippen molar-refractivity contribution in [2.45, 2.75) is 38.4 Å². The monoisotopic (exact) mass is 340 g/mol. The van der Waals surface area contributed by atoms with E-state index in [0.717, 1.165) is 5.69 Å². The third-order valence-corrected chi connectivity index (χ3v) is 4.21. The topological polar surface area (TPSA) is 101 Å². The number of para-hydroxylation sites is 2. The van der Waals surface area contributed by atoms with E-state index in [-0.39, 0.29) is 18.3 Å². The van der Waals surface area contributed by atoms with Crippen molar-refractivity contribution in [1.29, 1.82) is 0 Å². The Hall–Kier alpha value is -1.63. The van der Waals surface area contributed by atoms with E-state index in [0.29, 0.717) is 5.69 Å². The van der Waals surface area contributed by atoms with Gasteiger partial charge in [-0.1, -0.05) is 26.0 Å². The molecule has 1 heterocycles. The summed E-state index contributed by atoms with van der Waals surface area (Å²) >= 11 is 0. The number of hydrogen-bond acceptors (Lipinski definition) is 5. The Bertz CT molecular complexity index is 605. The molecule has 1 aromatic carbocycles. The molecule has 0 spiro atoms. The van der Waals surface area contributed by atoms with Gasteiger partial charge in [0.05, 0.1) is 23.5 Å². The predicted octanol–water partition coefficient (Wildman–Crippen LogP) is 1.14. The SMILES string of the molecule is CC(C)C1Nc2ccccc2N(C)C(=O)C1(N)C(=O)[C@H](C)N.Cl. The normalized spacial score (nSPS) is 25.1. The number of rotatable bonds is 3. The van der Waals surface area contributed by atoms with Crippen molar-refractivity contribution in [3.8, 4) is 0 Å². The average Bonchev–Trinajstić information content (AvgIpc) is 2.56. The van der Waals surface area contributed by atoms with Gasteiger partial charge in [0, 0.05) is 7.05 Å². The molecule has 128 valence electrons. The standard InChI is InChI=1S/C16H24N4O2.ClH/c1-9(2)13-16(18,14(21)10(3)17)15(22)20(4)12-8-6-5-7-11(12)19-13;/h5-10,13,19H,17-18H2,1-4H3;1H/t10-,13?,16?;/m0./s1. The van der Waals surface area contributed by atoms with Crippen molar-refractivity contribution in [1.82, 2.24) is 0 Å². The van der Waals surface area contributed by atoms with Gasteiger partial charge in [-0.05, 0) is 25.0 Å². The maximum absolute atomic E-state index is 13.0. The molecular formula is C16H25ClN4O2. The Kier molecular flexibility index (Phi) is 5.79. The van der Waals surface area contributed by atoms with Crippen molar-refractivity contribution < 1.29 is 9.59 Å². The fourth-order valence-electron chi connectivity index (χ4n) is 3.02. The Balaban J connectivity index is 0.00000264. The van der Waals surface area contributed by atoms with Crippen molar-refractivity contribution in [3.63, 3.8) is 0 Å². The molecule has 5 N–H and O–H groups in total. The number of amides is 1. The van der Waals surface area contributed by atoms with E-state index in [4.69, 9.17) is 11.5 Å². The molecule has 1 aliphatic heterocycles. The van der Waals surface area contributed by atoms with Crippen LogP contribution in [0.3, 0.4) is 0 Å². The van der Waals surface area contributed by atoms with Crippen LogP contribution in [-0.4, -0.2) is 36.4 Å². The van der Waals surface area contributed by atoms with Crippen LogP contribution in [0.1, 0.15) is 20.8 Å². The quantitative estimate of drug-likeness (QED) is 0.716. The highest BCUT2D eigenvalue weighted by Crippen LogP contribution is 2.35. The second-order valence-corrected chi connectivity index (χ2v) is 6.27.